The maximum atomic E-state index is 8.86. The molecule has 0 atom stereocenters. The summed E-state index contributed by atoms with van der Waals surface area (Å²) in [5.74, 6) is 0. The van der Waals surface area contributed by atoms with Gasteiger partial charge < -0.3 is 10.2 Å². The van der Waals surface area contributed by atoms with Crippen LogP contribution in [0.5, 0.6) is 0 Å². The van der Waals surface area contributed by atoms with Crippen molar-refractivity contribution in [3.63, 3.8) is 0 Å². The average Bonchev–Trinajstić information content (AvgIpc) is 3.06. The van der Waals surface area contributed by atoms with Crippen molar-refractivity contribution in [2.75, 3.05) is 26.7 Å². The van der Waals surface area contributed by atoms with Crippen LogP contribution in [0, 0.1) is 16.7 Å². The molecule has 16 heavy (non-hydrogen) atoms. The van der Waals surface area contributed by atoms with Crippen molar-refractivity contribution in [2.24, 2.45) is 5.41 Å². The molecule has 0 saturated heterocycles. The summed E-state index contributed by atoms with van der Waals surface area (Å²) in [7, 11) is 2.21. The van der Waals surface area contributed by atoms with Crippen LogP contribution in [-0.4, -0.2) is 37.6 Å². The van der Waals surface area contributed by atoms with E-state index in [-0.39, 0.29) is 5.41 Å². The molecule has 0 unspecified atom stereocenters. The fraction of sp³-hybridized carbons (Fsp3) is 0.923. The van der Waals surface area contributed by atoms with Gasteiger partial charge in [0.15, 0.2) is 0 Å². The molecule has 0 aromatic carbocycles. The van der Waals surface area contributed by atoms with Crippen molar-refractivity contribution in [3.8, 4) is 6.07 Å². The van der Waals surface area contributed by atoms with Gasteiger partial charge in [-0.1, -0.05) is 0 Å². The van der Waals surface area contributed by atoms with Crippen LogP contribution in [0.1, 0.15) is 39.5 Å². The summed E-state index contributed by atoms with van der Waals surface area (Å²) >= 11 is 0. The van der Waals surface area contributed by atoms with Gasteiger partial charge in [-0.05, 0) is 53.1 Å². The quantitative estimate of drug-likeness (QED) is 0.640. The summed E-state index contributed by atoms with van der Waals surface area (Å²) in [6.07, 6.45) is 4.84. The summed E-state index contributed by atoms with van der Waals surface area (Å²) in [4.78, 5) is 2.44. The third-order valence-electron chi connectivity index (χ3n) is 3.27. The standard InChI is InChI=1S/C13H25N3/c1-13(2,11-14)7-4-8-15-9-10-16(3)12-5-6-12/h12,15H,4-10H2,1-3H3. The highest BCUT2D eigenvalue weighted by Gasteiger charge is 2.25. The van der Waals surface area contributed by atoms with E-state index in [1.54, 1.807) is 0 Å². The molecule has 1 aliphatic carbocycles. The Morgan fingerprint density at radius 3 is 2.62 bits per heavy atom. The van der Waals surface area contributed by atoms with E-state index in [1.807, 2.05) is 13.8 Å². The van der Waals surface area contributed by atoms with Crippen LogP contribution < -0.4 is 5.32 Å². The van der Waals surface area contributed by atoms with Gasteiger partial charge in [-0.2, -0.15) is 5.26 Å². The molecular formula is C13H25N3. The number of rotatable bonds is 8. The minimum Gasteiger partial charge on any atom is -0.315 e. The Morgan fingerprint density at radius 2 is 2.06 bits per heavy atom. The topological polar surface area (TPSA) is 39.1 Å². The van der Waals surface area contributed by atoms with E-state index in [1.165, 1.54) is 12.8 Å². The van der Waals surface area contributed by atoms with Gasteiger partial charge in [-0.25, -0.2) is 0 Å². The first kappa shape index (κ1) is 13.5. The summed E-state index contributed by atoms with van der Waals surface area (Å²) in [6.45, 7) is 7.26. The summed E-state index contributed by atoms with van der Waals surface area (Å²) in [6, 6.07) is 3.20. The lowest BCUT2D eigenvalue weighted by molar-refractivity contribution is 0.320. The Morgan fingerprint density at radius 1 is 1.38 bits per heavy atom. The molecule has 0 radical (unpaired) electrons. The zero-order valence-corrected chi connectivity index (χ0v) is 10.9. The number of nitriles is 1. The molecule has 0 aromatic rings. The van der Waals surface area contributed by atoms with Crippen LogP contribution >= 0.6 is 0 Å². The van der Waals surface area contributed by atoms with Crippen molar-refractivity contribution in [1.82, 2.24) is 10.2 Å². The molecule has 0 heterocycles. The van der Waals surface area contributed by atoms with E-state index in [2.05, 4.69) is 23.3 Å². The number of likely N-dealkylation sites (N-methyl/N-ethyl adjacent to an activating group) is 1. The molecule has 0 amide bonds. The predicted molar refractivity (Wildman–Crippen MR) is 67.1 cm³/mol. The Hall–Kier alpha value is -0.590. The second-order valence-corrected chi connectivity index (χ2v) is 5.56. The van der Waals surface area contributed by atoms with Crippen LogP contribution in [0.3, 0.4) is 0 Å². The van der Waals surface area contributed by atoms with Crippen molar-refractivity contribution < 1.29 is 0 Å². The molecule has 3 heteroatoms. The molecule has 0 spiro atoms. The maximum Gasteiger partial charge on any atom is 0.0683 e. The Kier molecular flexibility index (Phi) is 5.24. The van der Waals surface area contributed by atoms with Gasteiger partial charge in [0.2, 0.25) is 0 Å². The molecule has 92 valence electrons. The number of hydrogen-bond donors (Lipinski definition) is 1. The molecule has 1 fully saturated rings. The van der Waals surface area contributed by atoms with Gasteiger partial charge in [0.1, 0.15) is 0 Å². The third-order valence-corrected chi connectivity index (χ3v) is 3.27. The van der Waals surface area contributed by atoms with E-state index in [0.717, 1.165) is 38.5 Å². The van der Waals surface area contributed by atoms with E-state index in [9.17, 15) is 0 Å². The van der Waals surface area contributed by atoms with Gasteiger partial charge in [-0.15, -0.1) is 0 Å². The molecule has 1 rings (SSSR count). The third kappa shape index (κ3) is 5.48. The fourth-order valence-electron chi connectivity index (χ4n) is 1.79. The van der Waals surface area contributed by atoms with Gasteiger partial charge >= 0.3 is 0 Å². The van der Waals surface area contributed by atoms with Crippen molar-refractivity contribution in [1.29, 1.82) is 5.26 Å². The lowest BCUT2D eigenvalue weighted by Crippen LogP contribution is -2.31. The highest BCUT2D eigenvalue weighted by Crippen LogP contribution is 2.24. The highest BCUT2D eigenvalue weighted by atomic mass is 15.2. The summed E-state index contributed by atoms with van der Waals surface area (Å²) in [5.41, 5.74) is -0.160. The number of hydrogen-bond acceptors (Lipinski definition) is 3. The van der Waals surface area contributed by atoms with Crippen LogP contribution in [0.4, 0.5) is 0 Å². The highest BCUT2D eigenvalue weighted by molar-refractivity contribution is 4.91. The summed E-state index contributed by atoms with van der Waals surface area (Å²) in [5, 5.41) is 12.3. The Labute approximate surface area is 99.8 Å². The van der Waals surface area contributed by atoms with Crippen LogP contribution in [0.2, 0.25) is 0 Å². The first-order chi connectivity index (χ1) is 7.55. The van der Waals surface area contributed by atoms with E-state index < -0.39 is 0 Å². The molecule has 1 saturated carbocycles. The second kappa shape index (κ2) is 6.22. The maximum absolute atomic E-state index is 8.86. The zero-order chi connectivity index (χ0) is 12.0. The van der Waals surface area contributed by atoms with Gasteiger partial charge in [0.05, 0.1) is 11.5 Å². The Bertz CT molecular complexity index is 238. The van der Waals surface area contributed by atoms with E-state index in [0.29, 0.717) is 0 Å². The molecule has 3 nitrogen and oxygen atoms in total. The smallest absolute Gasteiger partial charge is 0.0683 e. The molecule has 1 N–H and O–H groups in total. The minimum atomic E-state index is -0.160. The van der Waals surface area contributed by atoms with Gasteiger partial charge in [0, 0.05) is 19.1 Å². The molecule has 1 aliphatic rings. The first-order valence-electron chi connectivity index (χ1n) is 6.37. The SMILES string of the molecule is CN(CCNCCCC(C)(C)C#N)C1CC1. The Balaban J connectivity index is 1.90. The van der Waals surface area contributed by atoms with Crippen molar-refractivity contribution in [2.45, 2.75) is 45.6 Å². The van der Waals surface area contributed by atoms with Crippen molar-refractivity contribution in [3.05, 3.63) is 0 Å². The van der Waals surface area contributed by atoms with E-state index >= 15 is 0 Å². The fourth-order valence-corrected chi connectivity index (χ4v) is 1.79. The molecular weight excluding hydrogens is 198 g/mol. The lowest BCUT2D eigenvalue weighted by Gasteiger charge is -2.17. The van der Waals surface area contributed by atoms with Gasteiger partial charge in [-0.3, -0.25) is 0 Å². The average molecular weight is 223 g/mol. The monoisotopic (exact) mass is 223 g/mol. The number of nitrogens with one attached hydrogen (secondary N) is 1. The predicted octanol–water partition coefficient (Wildman–Crippen LogP) is 2.00. The van der Waals surface area contributed by atoms with Crippen LogP contribution in [0.25, 0.3) is 0 Å². The lowest BCUT2D eigenvalue weighted by atomic mass is 9.90. The first-order valence-corrected chi connectivity index (χ1v) is 6.37. The zero-order valence-electron chi connectivity index (χ0n) is 10.9. The second-order valence-electron chi connectivity index (χ2n) is 5.56. The summed E-state index contributed by atoms with van der Waals surface area (Å²) < 4.78 is 0. The van der Waals surface area contributed by atoms with E-state index in [4.69, 9.17) is 5.26 Å². The van der Waals surface area contributed by atoms with Crippen LogP contribution in [0.15, 0.2) is 0 Å². The molecule has 0 aliphatic heterocycles. The molecule has 0 bridgehead atoms. The normalized spacial score (nSPS) is 16.4. The van der Waals surface area contributed by atoms with Gasteiger partial charge in [0.25, 0.3) is 0 Å². The largest absolute Gasteiger partial charge is 0.315 e. The van der Waals surface area contributed by atoms with Crippen molar-refractivity contribution >= 4 is 0 Å². The van der Waals surface area contributed by atoms with Crippen LogP contribution in [-0.2, 0) is 0 Å². The minimum absolute atomic E-state index is 0.160. The molecule has 0 aromatic heterocycles. The number of nitrogens with zero attached hydrogens (tertiary/aromatic N) is 2.